The average Bonchev–Trinajstić information content (AvgIpc) is 2.74. The van der Waals surface area contributed by atoms with Crippen molar-refractivity contribution in [2.75, 3.05) is 11.9 Å². The molecule has 2 aromatic rings. The van der Waals surface area contributed by atoms with Crippen LogP contribution in [0.5, 0.6) is 0 Å². The number of carbonyl (C=O) groups is 1. The largest absolute Gasteiger partial charge is 0.478 e. The fraction of sp³-hybridized carbons (Fsp3) is 0.154. The smallest absolute Gasteiger partial charge is 0.337 e. The van der Waals surface area contributed by atoms with Gasteiger partial charge in [-0.05, 0) is 30.3 Å². The van der Waals surface area contributed by atoms with Crippen molar-refractivity contribution in [1.29, 1.82) is 0 Å². The summed E-state index contributed by atoms with van der Waals surface area (Å²) in [6.07, 6.45) is 0. The highest BCUT2D eigenvalue weighted by Gasteiger charge is 2.11. The van der Waals surface area contributed by atoms with Crippen molar-refractivity contribution in [2.24, 2.45) is 0 Å². The summed E-state index contributed by atoms with van der Waals surface area (Å²) >= 11 is 13.4. The van der Waals surface area contributed by atoms with Gasteiger partial charge in [0.05, 0.1) is 21.5 Å². The highest BCUT2D eigenvalue weighted by molar-refractivity contribution is 7.16. The number of nitrogens with zero attached hydrogens (tertiary/aromatic N) is 1. The van der Waals surface area contributed by atoms with E-state index in [9.17, 15) is 4.79 Å². The zero-order chi connectivity index (χ0) is 14.0. The van der Waals surface area contributed by atoms with Crippen molar-refractivity contribution in [3.05, 3.63) is 50.1 Å². The number of rotatable bonds is 4. The minimum absolute atomic E-state index is 0.109. The third kappa shape index (κ3) is 3.41. The second-order valence-corrected chi connectivity index (χ2v) is 6.24. The van der Waals surface area contributed by atoms with Crippen molar-refractivity contribution in [2.45, 2.75) is 6.54 Å². The molecule has 0 aliphatic rings. The summed E-state index contributed by atoms with van der Waals surface area (Å²) in [4.78, 5) is 14.0. The summed E-state index contributed by atoms with van der Waals surface area (Å²) in [5.74, 6) is -1.02. The number of carboxylic acids is 1. The van der Waals surface area contributed by atoms with Gasteiger partial charge >= 0.3 is 5.97 Å². The molecule has 0 amide bonds. The third-order valence-corrected chi connectivity index (χ3v) is 4.17. The molecule has 2 rings (SSSR count). The van der Waals surface area contributed by atoms with E-state index in [0.29, 0.717) is 6.54 Å². The molecule has 0 saturated carbocycles. The first-order valence-corrected chi connectivity index (χ1v) is 7.03. The molecule has 1 aromatic carbocycles. The normalized spacial score (nSPS) is 10.5. The molecule has 3 nitrogen and oxygen atoms in total. The lowest BCUT2D eigenvalue weighted by molar-refractivity contribution is 0.0697. The molecule has 0 spiro atoms. The molecule has 0 saturated heterocycles. The maximum atomic E-state index is 10.9. The Morgan fingerprint density at radius 3 is 2.58 bits per heavy atom. The van der Waals surface area contributed by atoms with Crippen LogP contribution in [-0.4, -0.2) is 18.1 Å². The van der Waals surface area contributed by atoms with E-state index in [1.54, 1.807) is 12.1 Å². The van der Waals surface area contributed by atoms with E-state index in [1.165, 1.54) is 17.4 Å². The number of thiophene rings is 1. The van der Waals surface area contributed by atoms with Crippen LogP contribution in [0.4, 0.5) is 5.69 Å². The second-order valence-electron chi connectivity index (χ2n) is 4.03. The second kappa shape index (κ2) is 5.82. The molecule has 6 heteroatoms. The number of carboxylic acid groups (broad SMARTS) is 1. The number of halogens is 2. The summed E-state index contributed by atoms with van der Waals surface area (Å²) in [6, 6.07) is 8.73. The minimum atomic E-state index is -1.02. The Hall–Kier alpha value is -1.23. The molecular weight excluding hydrogens is 305 g/mol. The van der Waals surface area contributed by atoms with Gasteiger partial charge in [-0.2, -0.15) is 0 Å². The quantitative estimate of drug-likeness (QED) is 0.909. The Balaban J connectivity index is 2.17. The van der Waals surface area contributed by atoms with Crippen LogP contribution in [0.25, 0.3) is 0 Å². The van der Waals surface area contributed by atoms with Crippen LogP contribution in [-0.2, 0) is 6.54 Å². The standard InChI is InChI=1S/C13H11Cl2NO2S/c1-16(7-9-3-5-12(15)19-9)8-2-4-10(13(17)18)11(14)6-8/h2-6H,7H2,1H3,(H,17,18). The zero-order valence-electron chi connectivity index (χ0n) is 10.1. The summed E-state index contributed by atoms with van der Waals surface area (Å²) in [5, 5.41) is 9.16. The lowest BCUT2D eigenvalue weighted by Crippen LogP contribution is -2.15. The minimum Gasteiger partial charge on any atom is -0.478 e. The van der Waals surface area contributed by atoms with Gasteiger partial charge in [0, 0.05) is 17.6 Å². The highest BCUT2D eigenvalue weighted by Crippen LogP contribution is 2.27. The third-order valence-electron chi connectivity index (χ3n) is 2.65. The predicted octanol–water partition coefficient (Wildman–Crippen LogP) is 4.39. The predicted molar refractivity (Wildman–Crippen MR) is 79.8 cm³/mol. The van der Waals surface area contributed by atoms with Crippen LogP contribution in [0.3, 0.4) is 0 Å². The molecule has 0 aliphatic heterocycles. The number of hydrogen-bond acceptors (Lipinski definition) is 3. The van der Waals surface area contributed by atoms with Crippen molar-refractivity contribution in [1.82, 2.24) is 0 Å². The highest BCUT2D eigenvalue weighted by atomic mass is 35.5. The van der Waals surface area contributed by atoms with Crippen LogP contribution >= 0.6 is 34.5 Å². The summed E-state index contributed by atoms with van der Waals surface area (Å²) < 4.78 is 0.752. The molecular formula is C13H11Cl2NO2S. The molecule has 0 bridgehead atoms. The SMILES string of the molecule is CN(Cc1ccc(Cl)s1)c1ccc(C(=O)O)c(Cl)c1. The molecule has 100 valence electrons. The molecule has 1 N–H and O–H groups in total. The molecule has 0 radical (unpaired) electrons. The Kier molecular flexibility index (Phi) is 4.34. The molecule has 0 aliphatic carbocycles. The molecule has 1 aromatic heterocycles. The maximum Gasteiger partial charge on any atom is 0.337 e. The first-order valence-electron chi connectivity index (χ1n) is 5.45. The summed E-state index contributed by atoms with van der Waals surface area (Å²) in [7, 11) is 1.92. The first kappa shape index (κ1) is 14.2. The van der Waals surface area contributed by atoms with Gasteiger partial charge in [0.2, 0.25) is 0 Å². The Bertz CT molecular complexity index is 612. The van der Waals surface area contributed by atoms with Gasteiger partial charge in [0.25, 0.3) is 0 Å². The van der Waals surface area contributed by atoms with Gasteiger partial charge < -0.3 is 10.0 Å². The van der Waals surface area contributed by atoms with Crippen LogP contribution in [0.15, 0.2) is 30.3 Å². The van der Waals surface area contributed by atoms with E-state index in [0.717, 1.165) is 14.9 Å². The Labute approximate surface area is 125 Å². The van der Waals surface area contributed by atoms with E-state index >= 15 is 0 Å². The van der Waals surface area contributed by atoms with Crippen LogP contribution in [0, 0.1) is 0 Å². The molecule has 1 heterocycles. The Morgan fingerprint density at radius 2 is 2.05 bits per heavy atom. The fourth-order valence-corrected chi connectivity index (χ4v) is 3.07. The van der Waals surface area contributed by atoms with Crippen molar-refractivity contribution in [3.63, 3.8) is 0 Å². The first-order chi connectivity index (χ1) is 8.97. The lowest BCUT2D eigenvalue weighted by Gasteiger charge is -2.19. The molecule has 19 heavy (non-hydrogen) atoms. The number of aromatic carboxylic acids is 1. The fourth-order valence-electron chi connectivity index (χ4n) is 1.68. The maximum absolute atomic E-state index is 10.9. The van der Waals surface area contributed by atoms with Gasteiger partial charge in [-0.25, -0.2) is 4.79 Å². The van der Waals surface area contributed by atoms with E-state index in [2.05, 4.69) is 0 Å². The monoisotopic (exact) mass is 315 g/mol. The van der Waals surface area contributed by atoms with Crippen molar-refractivity contribution in [3.8, 4) is 0 Å². The van der Waals surface area contributed by atoms with Gasteiger partial charge in [0.15, 0.2) is 0 Å². The van der Waals surface area contributed by atoms with Gasteiger partial charge in [-0.3, -0.25) is 0 Å². The average molecular weight is 316 g/mol. The molecule has 0 fully saturated rings. The number of anilines is 1. The van der Waals surface area contributed by atoms with Crippen LogP contribution in [0.1, 0.15) is 15.2 Å². The van der Waals surface area contributed by atoms with E-state index < -0.39 is 5.97 Å². The van der Waals surface area contributed by atoms with Crippen molar-refractivity contribution < 1.29 is 9.90 Å². The van der Waals surface area contributed by atoms with E-state index in [4.69, 9.17) is 28.3 Å². The Morgan fingerprint density at radius 1 is 1.32 bits per heavy atom. The number of hydrogen-bond donors (Lipinski definition) is 1. The summed E-state index contributed by atoms with van der Waals surface area (Å²) in [6.45, 7) is 0.695. The van der Waals surface area contributed by atoms with Gasteiger partial charge in [-0.15, -0.1) is 11.3 Å². The van der Waals surface area contributed by atoms with Gasteiger partial charge in [0.1, 0.15) is 0 Å². The van der Waals surface area contributed by atoms with Gasteiger partial charge in [-0.1, -0.05) is 23.2 Å². The lowest BCUT2D eigenvalue weighted by atomic mass is 10.2. The summed E-state index contributed by atoms with van der Waals surface area (Å²) in [5.41, 5.74) is 0.970. The topological polar surface area (TPSA) is 40.5 Å². The van der Waals surface area contributed by atoms with E-state index in [-0.39, 0.29) is 10.6 Å². The molecule has 0 atom stereocenters. The van der Waals surface area contributed by atoms with Crippen LogP contribution in [0.2, 0.25) is 9.36 Å². The van der Waals surface area contributed by atoms with Crippen molar-refractivity contribution >= 4 is 46.2 Å². The molecule has 0 unspecified atom stereocenters. The zero-order valence-corrected chi connectivity index (χ0v) is 12.4. The number of benzene rings is 1. The van der Waals surface area contributed by atoms with E-state index in [1.807, 2.05) is 24.1 Å². The van der Waals surface area contributed by atoms with Crippen LogP contribution < -0.4 is 4.90 Å².